The molecule has 2 aliphatic heterocycles. The molecule has 2 fully saturated rings. The predicted molar refractivity (Wildman–Crippen MR) is 116 cm³/mol. The van der Waals surface area contributed by atoms with Gasteiger partial charge in [-0.2, -0.15) is 0 Å². The summed E-state index contributed by atoms with van der Waals surface area (Å²) in [5, 5.41) is 0. The van der Waals surface area contributed by atoms with Gasteiger partial charge in [0.15, 0.2) is 5.78 Å². The number of aryl methyl sites for hydroxylation is 2. The molecule has 31 heavy (non-hydrogen) atoms. The van der Waals surface area contributed by atoms with Crippen LogP contribution in [-0.2, 0) is 16.1 Å². The summed E-state index contributed by atoms with van der Waals surface area (Å²) in [4.78, 5) is 28.1. The van der Waals surface area contributed by atoms with Gasteiger partial charge >= 0.3 is 6.09 Å². The molecule has 0 aromatic heterocycles. The van der Waals surface area contributed by atoms with Crippen molar-refractivity contribution in [3.05, 3.63) is 64.7 Å². The molecule has 2 aromatic rings. The minimum atomic E-state index is -0.329. The monoisotopic (exact) mass is 423 g/mol. The molecule has 164 valence electrons. The van der Waals surface area contributed by atoms with Gasteiger partial charge in [0.25, 0.3) is 0 Å². The second-order valence-electron chi connectivity index (χ2n) is 8.46. The minimum absolute atomic E-state index is 0.136. The smallest absolute Gasteiger partial charge is 0.410 e. The number of rotatable bonds is 5. The maximum Gasteiger partial charge on any atom is 0.410 e. The topological polar surface area (TPSA) is 65.1 Å². The lowest BCUT2D eigenvalue weighted by Crippen LogP contribution is -2.60. The molecule has 2 saturated heterocycles. The molecule has 2 atom stereocenters. The summed E-state index contributed by atoms with van der Waals surface area (Å²) in [6.07, 6.45) is 0.839. The summed E-state index contributed by atoms with van der Waals surface area (Å²) in [7, 11) is 1.63. The number of morpholine rings is 1. The first-order valence-electron chi connectivity index (χ1n) is 10.7. The van der Waals surface area contributed by atoms with E-state index >= 15 is 0 Å². The van der Waals surface area contributed by atoms with E-state index in [1.165, 1.54) is 0 Å². The van der Waals surface area contributed by atoms with E-state index in [0.29, 0.717) is 26.1 Å². The molecule has 0 spiro atoms. The largest absolute Gasteiger partial charge is 0.497 e. The fourth-order valence-corrected chi connectivity index (χ4v) is 4.86. The van der Waals surface area contributed by atoms with Gasteiger partial charge in [-0.25, -0.2) is 4.79 Å². The number of piperidine rings is 1. The number of ether oxygens (including phenoxy) is 3. The molecule has 2 heterocycles. The molecule has 2 aromatic carbocycles. The first kappa shape index (κ1) is 21.4. The van der Waals surface area contributed by atoms with Gasteiger partial charge in [0.2, 0.25) is 0 Å². The molecule has 0 N–H and O–H groups in total. The third kappa shape index (κ3) is 4.44. The van der Waals surface area contributed by atoms with Crippen molar-refractivity contribution in [2.45, 2.75) is 45.4 Å². The van der Waals surface area contributed by atoms with Crippen LogP contribution in [0.25, 0.3) is 0 Å². The molecule has 0 saturated carbocycles. The molecule has 6 nitrogen and oxygen atoms in total. The molecular formula is C25H29NO5. The van der Waals surface area contributed by atoms with Crippen LogP contribution in [0.1, 0.15) is 39.9 Å². The summed E-state index contributed by atoms with van der Waals surface area (Å²) in [5.41, 5.74) is 3.57. The number of Topliss-reactive ketones (excluding diaryl/α,β-unsaturated/α-hetero) is 1. The molecular weight excluding hydrogens is 394 g/mol. The number of hydrogen-bond acceptors (Lipinski definition) is 5. The Kier molecular flexibility index (Phi) is 6.28. The molecule has 1 amide bonds. The number of ketones is 1. The summed E-state index contributed by atoms with van der Waals surface area (Å²) in [6.45, 7) is 5.00. The van der Waals surface area contributed by atoms with E-state index in [-0.39, 0.29) is 36.5 Å². The summed E-state index contributed by atoms with van der Waals surface area (Å²) < 4.78 is 16.6. The van der Waals surface area contributed by atoms with Gasteiger partial charge < -0.3 is 14.2 Å². The maximum atomic E-state index is 13.4. The Bertz CT molecular complexity index is 921. The van der Waals surface area contributed by atoms with Crippen LogP contribution >= 0.6 is 0 Å². The predicted octanol–water partition coefficient (Wildman–Crippen LogP) is 4.31. The van der Waals surface area contributed by atoms with Gasteiger partial charge in [-0.15, -0.1) is 0 Å². The highest BCUT2D eigenvalue weighted by molar-refractivity contribution is 6.00. The van der Waals surface area contributed by atoms with Crippen molar-refractivity contribution in [1.29, 1.82) is 0 Å². The molecule has 2 unspecified atom stereocenters. The number of methoxy groups -OCH3 is 1. The van der Waals surface area contributed by atoms with E-state index in [9.17, 15) is 9.59 Å². The van der Waals surface area contributed by atoms with Crippen LogP contribution in [0.15, 0.2) is 42.5 Å². The Balaban J connectivity index is 1.47. The average Bonchev–Trinajstić information content (AvgIpc) is 2.76. The Hall–Kier alpha value is -2.86. The van der Waals surface area contributed by atoms with E-state index in [0.717, 1.165) is 28.0 Å². The summed E-state index contributed by atoms with van der Waals surface area (Å²) in [5.74, 6) is 0.766. The Morgan fingerprint density at radius 2 is 1.65 bits per heavy atom. The van der Waals surface area contributed by atoms with Crippen LogP contribution < -0.4 is 4.74 Å². The number of amides is 1. The number of benzene rings is 2. The van der Waals surface area contributed by atoms with E-state index in [2.05, 4.69) is 0 Å². The Labute approximate surface area is 183 Å². The van der Waals surface area contributed by atoms with Crippen molar-refractivity contribution >= 4 is 11.9 Å². The number of fused-ring (bicyclic) bond motifs is 2. The standard InChI is InChI=1S/C25H29NO5/c1-16-9-22(29-3)10-17(2)23(16)24(27)19-11-20-14-30-15-21(12-19)26(20)25(28)31-13-18-7-5-4-6-8-18/h4-10,19-21H,11-15H2,1-3H3. The lowest BCUT2D eigenvalue weighted by molar-refractivity contribution is -0.0755. The first-order chi connectivity index (χ1) is 15.0. The highest BCUT2D eigenvalue weighted by Gasteiger charge is 2.44. The normalized spacial score (nSPS) is 22.7. The van der Waals surface area contributed by atoms with Crippen LogP contribution in [0.5, 0.6) is 5.75 Å². The SMILES string of the molecule is COc1cc(C)c(C(=O)C2CC3COCC(C2)N3C(=O)OCc2ccccc2)c(C)c1. The van der Waals surface area contributed by atoms with E-state index in [1.54, 1.807) is 12.0 Å². The van der Waals surface area contributed by atoms with Gasteiger partial charge in [0.05, 0.1) is 32.4 Å². The zero-order valence-corrected chi connectivity index (χ0v) is 18.3. The highest BCUT2D eigenvalue weighted by Crippen LogP contribution is 2.35. The average molecular weight is 424 g/mol. The lowest BCUT2D eigenvalue weighted by atomic mass is 9.79. The lowest BCUT2D eigenvalue weighted by Gasteiger charge is -2.47. The number of nitrogens with zero attached hydrogens (tertiary/aromatic N) is 1. The van der Waals surface area contributed by atoms with Crippen molar-refractivity contribution < 1.29 is 23.8 Å². The van der Waals surface area contributed by atoms with Gasteiger partial charge in [-0.05, 0) is 55.5 Å². The first-order valence-corrected chi connectivity index (χ1v) is 10.7. The second-order valence-corrected chi connectivity index (χ2v) is 8.46. The maximum absolute atomic E-state index is 13.4. The zero-order valence-electron chi connectivity index (χ0n) is 18.3. The van der Waals surface area contributed by atoms with Gasteiger partial charge in [-0.1, -0.05) is 30.3 Å². The van der Waals surface area contributed by atoms with Gasteiger partial charge in [0.1, 0.15) is 12.4 Å². The van der Waals surface area contributed by atoms with Crippen LogP contribution in [-0.4, -0.2) is 49.2 Å². The van der Waals surface area contributed by atoms with Gasteiger partial charge in [-0.3, -0.25) is 9.69 Å². The van der Waals surface area contributed by atoms with Crippen molar-refractivity contribution in [2.75, 3.05) is 20.3 Å². The molecule has 4 rings (SSSR count). The minimum Gasteiger partial charge on any atom is -0.497 e. The van der Waals surface area contributed by atoms with Crippen molar-refractivity contribution in [1.82, 2.24) is 4.90 Å². The zero-order chi connectivity index (χ0) is 22.0. The van der Waals surface area contributed by atoms with Crippen molar-refractivity contribution in [2.24, 2.45) is 5.92 Å². The number of hydrogen-bond donors (Lipinski definition) is 0. The summed E-state index contributed by atoms with van der Waals surface area (Å²) in [6, 6.07) is 13.1. The molecule has 0 radical (unpaired) electrons. The highest BCUT2D eigenvalue weighted by atomic mass is 16.6. The number of carbonyl (C=O) groups is 2. The second kappa shape index (κ2) is 9.10. The van der Waals surface area contributed by atoms with Crippen molar-refractivity contribution in [3.8, 4) is 5.75 Å². The van der Waals surface area contributed by atoms with Crippen LogP contribution in [0.4, 0.5) is 4.79 Å². The molecule has 2 bridgehead atoms. The van der Waals surface area contributed by atoms with E-state index < -0.39 is 0 Å². The quantitative estimate of drug-likeness (QED) is 0.671. The van der Waals surface area contributed by atoms with Crippen LogP contribution in [0.2, 0.25) is 0 Å². The fraction of sp³-hybridized carbons (Fsp3) is 0.440. The molecule has 2 aliphatic rings. The number of carbonyl (C=O) groups excluding carboxylic acids is 2. The summed E-state index contributed by atoms with van der Waals surface area (Å²) >= 11 is 0. The molecule has 6 heteroatoms. The third-order valence-corrected chi connectivity index (χ3v) is 6.30. The van der Waals surface area contributed by atoms with Crippen molar-refractivity contribution in [3.63, 3.8) is 0 Å². The Morgan fingerprint density at radius 1 is 1.03 bits per heavy atom. The van der Waals surface area contributed by atoms with E-state index in [4.69, 9.17) is 14.2 Å². The molecule has 0 aliphatic carbocycles. The van der Waals surface area contributed by atoms with E-state index in [1.807, 2.05) is 56.3 Å². The third-order valence-electron chi connectivity index (χ3n) is 6.30. The Morgan fingerprint density at radius 3 is 2.23 bits per heavy atom. The van der Waals surface area contributed by atoms with Gasteiger partial charge in [0, 0.05) is 11.5 Å². The van der Waals surface area contributed by atoms with Crippen LogP contribution in [0.3, 0.4) is 0 Å². The van der Waals surface area contributed by atoms with Crippen LogP contribution in [0, 0.1) is 19.8 Å². The fourth-order valence-electron chi connectivity index (χ4n) is 4.86.